The molecule has 3 rings (SSSR count). The zero-order chi connectivity index (χ0) is 16.6. The zero-order valence-corrected chi connectivity index (χ0v) is 11.8. The van der Waals surface area contributed by atoms with Gasteiger partial charge in [0.25, 0.3) is 11.8 Å². The summed E-state index contributed by atoms with van der Waals surface area (Å²) in [6.07, 6.45) is -2.02. The Balaban J connectivity index is 2.02. The summed E-state index contributed by atoms with van der Waals surface area (Å²) in [6.45, 7) is 0. The van der Waals surface area contributed by atoms with Crippen LogP contribution in [0.4, 0.5) is 4.39 Å². The van der Waals surface area contributed by atoms with Crippen molar-refractivity contribution in [1.29, 1.82) is 0 Å². The van der Waals surface area contributed by atoms with Gasteiger partial charge in [-0.05, 0) is 17.7 Å². The lowest BCUT2D eigenvalue weighted by molar-refractivity contribution is -0.144. The number of benzene rings is 2. The number of alkyl halides is 1. The summed E-state index contributed by atoms with van der Waals surface area (Å²) in [5, 5.41) is 9.39. The van der Waals surface area contributed by atoms with Crippen molar-refractivity contribution in [3.05, 3.63) is 71.3 Å². The van der Waals surface area contributed by atoms with Crippen molar-refractivity contribution in [2.75, 3.05) is 0 Å². The molecule has 2 atom stereocenters. The molecule has 23 heavy (non-hydrogen) atoms. The van der Waals surface area contributed by atoms with Crippen molar-refractivity contribution in [3.8, 4) is 0 Å². The van der Waals surface area contributed by atoms with Crippen LogP contribution in [0, 0.1) is 0 Å². The van der Waals surface area contributed by atoms with Gasteiger partial charge in [0.2, 0.25) is 0 Å². The minimum absolute atomic E-state index is 0.0870. The van der Waals surface area contributed by atoms with E-state index >= 15 is 0 Å². The van der Waals surface area contributed by atoms with Crippen molar-refractivity contribution >= 4 is 17.8 Å². The highest BCUT2D eigenvalue weighted by Gasteiger charge is 2.46. The molecule has 116 valence electrons. The molecule has 0 aromatic heterocycles. The maximum Gasteiger partial charge on any atom is 0.330 e. The maximum atomic E-state index is 14.7. The minimum atomic E-state index is -2.02. The standard InChI is InChI=1S/C17H12FNO4/c18-13(10-6-2-1-3-7-10)14(17(22)23)19-15(20)11-8-4-5-9-12(11)16(19)21/h1-9,13-14H,(H,22,23)/t13-,14+/m0/s1. The van der Waals surface area contributed by atoms with E-state index in [-0.39, 0.29) is 16.7 Å². The van der Waals surface area contributed by atoms with Crippen LogP contribution in [-0.2, 0) is 4.79 Å². The van der Waals surface area contributed by atoms with Crippen LogP contribution in [0.2, 0.25) is 0 Å². The van der Waals surface area contributed by atoms with E-state index < -0.39 is 30.0 Å². The Labute approximate surface area is 131 Å². The van der Waals surface area contributed by atoms with Crippen LogP contribution in [0.15, 0.2) is 54.6 Å². The molecular formula is C17H12FNO4. The number of imide groups is 1. The third-order valence-corrected chi connectivity index (χ3v) is 3.75. The quantitative estimate of drug-likeness (QED) is 0.880. The van der Waals surface area contributed by atoms with E-state index in [4.69, 9.17) is 0 Å². The first-order valence-electron chi connectivity index (χ1n) is 6.91. The fraction of sp³-hybridized carbons (Fsp3) is 0.118. The fourth-order valence-corrected chi connectivity index (χ4v) is 2.65. The molecule has 1 aliphatic heterocycles. The molecule has 0 saturated carbocycles. The van der Waals surface area contributed by atoms with Gasteiger partial charge in [-0.15, -0.1) is 0 Å². The molecule has 1 N–H and O–H groups in total. The van der Waals surface area contributed by atoms with Gasteiger partial charge >= 0.3 is 5.97 Å². The van der Waals surface area contributed by atoms with Gasteiger partial charge < -0.3 is 5.11 Å². The minimum Gasteiger partial charge on any atom is -0.480 e. The van der Waals surface area contributed by atoms with Crippen molar-refractivity contribution in [1.82, 2.24) is 4.90 Å². The van der Waals surface area contributed by atoms with Gasteiger partial charge in [-0.3, -0.25) is 14.5 Å². The molecule has 0 fully saturated rings. The lowest BCUT2D eigenvalue weighted by Crippen LogP contribution is -2.47. The van der Waals surface area contributed by atoms with Crippen LogP contribution in [0.3, 0.4) is 0 Å². The average Bonchev–Trinajstić information content (AvgIpc) is 2.81. The highest BCUT2D eigenvalue weighted by atomic mass is 19.1. The van der Waals surface area contributed by atoms with Gasteiger partial charge in [0.1, 0.15) is 0 Å². The largest absolute Gasteiger partial charge is 0.480 e. The Bertz CT molecular complexity index is 755. The van der Waals surface area contributed by atoms with Gasteiger partial charge in [-0.1, -0.05) is 42.5 Å². The number of aliphatic carboxylic acids is 1. The number of carbonyl (C=O) groups excluding carboxylic acids is 2. The topological polar surface area (TPSA) is 74.7 Å². The van der Waals surface area contributed by atoms with E-state index in [0.717, 1.165) is 0 Å². The van der Waals surface area contributed by atoms with E-state index in [9.17, 15) is 23.9 Å². The summed E-state index contributed by atoms with van der Waals surface area (Å²) in [6, 6.07) is 11.7. The molecule has 2 amide bonds. The molecule has 1 heterocycles. The molecular weight excluding hydrogens is 301 g/mol. The summed E-state index contributed by atoms with van der Waals surface area (Å²) in [5.41, 5.74) is 0.268. The summed E-state index contributed by atoms with van der Waals surface area (Å²) in [4.78, 5) is 36.8. The number of hydrogen-bond acceptors (Lipinski definition) is 3. The van der Waals surface area contributed by atoms with Crippen LogP contribution < -0.4 is 0 Å². The van der Waals surface area contributed by atoms with Crippen molar-refractivity contribution in [2.45, 2.75) is 12.2 Å². The van der Waals surface area contributed by atoms with E-state index in [1.54, 1.807) is 30.3 Å². The highest BCUT2D eigenvalue weighted by Crippen LogP contribution is 2.32. The van der Waals surface area contributed by atoms with Crippen LogP contribution in [0.25, 0.3) is 0 Å². The third kappa shape index (κ3) is 2.38. The number of carbonyl (C=O) groups is 3. The Morgan fingerprint density at radius 2 is 1.39 bits per heavy atom. The number of carboxylic acid groups (broad SMARTS) is 1. The number of hydrogen-bond donors (Lipinski definition) is 1. The van der Waals surface area contributed by atoms with Crippen LogP contribution >= 0.6 is 0 Å². The number of nitrogens with zero attached hydrogens (tertiary/aromatic N) is 1. The molecule has 6 heteroatoms. The first-order valence-corrected chi connectivity index (χ1v) is 6.91. The summed E-state index contributed by atoms with van der Waals surface area (Å²) in [5.74, 6) is -3.16. The number of amides is 2. The van der Waals surface area contributed by atoms with Crippen LogP contribution in [-0.4, -0.2) is 33.8 Å². The Hall–Kier alpha value is -3.02. The van der Waals surface area contributed by atoms with Gasteiger partial charge in [0.05, 0.1) is 11.1 Å². The summed E-state index contributed by atoms with van der Waals surface area (Å²) in [7, 11) is 0. The van der Waals surface area contributed by atoms with Crippen molar-refractivity contribution in [2.24, 2.45) is 0 Å². The second-order valence-corrected chi connectivity index (χ2v) is 5.12. The summed E-state index contributed by atoms with van der Waals surface area (Å²) >= 11 is 0. The molecule has 1 aliphatic rings. The second kappa shape index (κ2) is 5.64. The normalized spacial score (nSPS) is 16.1. The van der Waals surface area contributed by atoms with E-state index in [1.807, 2.05) is 0 Å². The van der Waals surface area contributed by atoms with Gasteiger partial charge in [-0.2, -0.15) is 0 Å². The summed E-state index contributed by atoms with van der Waals surface area (Å²) < 4.78 is 14.7. The first kappa shape index (κ1) is 14.9. The Morgan fingerprint density at radius 1 is 0.913 bits per heavy atom. The third-order valence-electron chi connectivity index (χ3n) is 3.75. The zero-order valence-electron chi connectivity index (χ0n) is 11.8. The Kier molecular flexibility index (Phi) is 3.65. The molecule has 2 aromatic carbocycles. The molecule has 5 nitrogen and oxygen atoms in total. The van der Waals surface area contributed by atoms with E-state index in [2.05, 4.69) is 0 Å². The number of halogens is 1. The molecule has 0 aliphatic carbocycles. The lowest BCUT2D eigenvalue weighted by atomic mass is 10.0. The Morgan fingerprint density at radius 3 is 1.87 bits per heavy atom. The van der Waals surface area contributed by atoms with E-state index in [1.165, 1.54) is 24.3 Å². The van der Waals surface area contributed by atoms with Crippen LogP contribution in [0.1, 0.15) is 32.5 Å². The predicted molar refractivity (Wildman–Crippen MR) is 78.7 cm³/mol. The molecule has 0 radical (unpaired) electrons. The van der Waals surface area contributed by atoms with Crippen molar-refractivity contribution in [3.63, 3.8) is 0 Å². The molecule has 0 saturated heterocycles. The first-order chi connectivity index (χ1) is 11.0. The predicted octanol–water partition coefficient (Wildman–Crippen LogP) is 2.45. The number of carboxylic acids is 1. The van der Waals surface area contributed by atoms with Crippen LogP contribution in [0.5, 0.6) is 0 Å². The SMILES string of the molecule is O=C(O)[C@@H]([C@@H](F)c1ccccc1)N1C(=O)c2ccccc2C1=O. The fourth-order valence-electron chi connectivity index (χ4n) is 2.65. The van der Waals surface area contributed by atoms with E-state index in [0.29, 0.717) is 4.90 Å². The van der Waals surface area contributed by atoms with Gasteiger partial charge in [0, 0.05) is 0 Å². The smallest absolute Gasteiger partial charge is 0.330 e. The van der Waals surface area contributed by atoms with Crippen molar-refractivity contribution < 1.29 is 23.9 Å². The number of rotatable bonds is 4. The molecule has 2 aromatic rings. The average molecular weight is 313 g/mol. The molecule has 0 spiro atoms. The van der Waals surface area contributed by atoms with Gasteiger partial charge in [0.15, 0.2) is 12.2 Å². The number of fused-ring (bicyclic) bond motifs is 1. The highest BCUT2D eigenvalue weighted by molar-refractivity contribution is 6.22. The lowest BCUT2D eigenvalue weighted by Gasteiger charge is -2.25. The monoisotopic (exact) mass is 313 g/mol. The van der Waals surface area contributed by atoms with Gasteiger partial charge in [-0.25, -0.2) is 9.18 Å². The maximum absolute atomic E-state index is 14.7. The molecule has 0 bridgehead atoms. The second-order valence-electron chi connectivity index (χ2n) is 5.12. The molecule has 0 unspecified atom stereocenters.